The Bertz CT molecular complexity index is 232. The van der Waals surface area contributed by atoms with E-state index in [-0.39, 0.29) is 0 Å². The van der Waals surface area contributed by atoms with Crippen molar-refractivity contribution >= 4 is 0 Å². The maximum absolute atomic E-state index is 2.52. The van der Waals surface area contributed by atoms with Gasteiger partial charge >= 0.3 is 0 Å². The Morgan fingerprint density at radius 1 is 1.00 bits per heavy atom. The highest BCUT2D eigenvalue weighted by atomic mass is 14.5. The third-order valence-corrected chi connectivity index (χ3v) is 6.00. The normalized spacial score (nSPS) is 48.6. The summed E-state index contributed by atoms with van der Waals surface area (Å²) in [6.45, 7) is 12.2. The van der Waals surface area contributed by atoms with Crippen LogP contribution in [0.5, 0.6) is 0 Å². The lowest BCUT2D eigenvalue weighted by molar-refractivity contribution is 0.0314. The molecule has 2 saturated carbocycles. The first-order chi connectivity index (χ1) is 7.60. The van der Waals surface area contributed by atoms with Gasteiger partial charge in [-0.25, -0.2) is 0 Å². The van der Waals surface area contributed by atoms with Crippen molar-refractivity contribution in [3.05, 3.63) is 0 Å². The molecular formula is C16H30. The first-order valence-electron chi connectivity index (χ1n) is 7.60. The molecule has 0 N–H and O–H groups in total. The van der Waals surface area contributed by atoms with Crippen molar-refractivity contribution < 1.29 is 0 Å². The fourth-order valence-corrected chi connectivity index (χ4v) is 4.67. The zero-order valence-electron chi connectivity index (χ0n) is 11.9. The molecule has 2 aliphatic rings. The molecule has 0 nitrogen and oxygen atoms in total. The molecule has 0 radical (unpaired) electrons. The van der Waals surface area contributed by atoms with Crippen LogP contribution in [0.2, 0.25) is 0 Å². The molecule has 7 atom stereocenters. The molecule has 94 valence electrons. The quantitative estimate of drug-likeness (QED) is 0.615. The Hall–Kier alpha value is 0. The van der Waals surface area contributed by atoms with Gasteiger partial charge in [0.1, 0.15) is 0 Å². The van der Waals surface area contributed by atoms with Crippen LogP contribution >= 0.6 is 0 Å². The van der Waals surface area contributed by atoms with Crippen LogP contribution < -0.4 is 0 Å². The molecule has 0 amide bonds. The Balaban J connectivity index is 1.79. The second-order valence-corrected chi connectivity index (χ2v) is 6.76. The Morgan fingerprint density at radius 2 is 1.62 bits per heavy atom. The van der Waals surface area contributed by atoms with Crippen LogP contribution in [0.15, 0.2) is 0 Å². The molecule has 0 aromatic rings. The second kappa shape index (κ2) is 4.70. The van der Waals surface area contributed by atoms with E-state index in [1.807, 2.05) is 0 Å². The summed E-state index contributed by atoms with van der Waals surface area (Å²) in [5.74, 6) is 7.29. The smallest absolute Gasteiger partial charge is 0.0352 e. The lowest BCUT2D eigenvalue weighted by Crippen LogP contribution is -2.38. The van der Waals surface area contributed by atoms with Gasteiger partial charge in [0.25, 0.3) is 0 Å². The molecule has 0 bridgehead atoms. The molecule has 0 saturated heterocycles. The summed E-state index contributed by atoms with van der Waals surface area (Å²) in [5.41, 5.74) is 0. The van der Waals surface area contributed by atoms with Crippen LogP contribution in [0.3, 0.4) is 0 Å². The van der Waals surface area contributed by atoms with Gasteiger partial charge in [-0.3, -0.25) is 0 Å². The van der Waals surface area contributed by atoms with Crippen molar-refractivity contribution in [1.82, 2.24) is 0 Å². The van der Waals surface area contributed by atoms with E-state index in [2.05, 4.69) is 34.6 Å². The van der Waals surface area contributed by atoms with E-state index >= 15 is 0 Å². The van der Waals surface area contributed by atoms with Gasteiger partial charge in [-0.15, -0.1) is 0 Å². The number of rotatable bonds is 5. The molecule has 0 spiro atoms. The summed E-state index contributed by atoms with van der Waals surface area (Å²) < 4.78 is 0. The van der Waals surface area contributed by atoms with Gasteiger partial charge in [0.05, 0.1) is 0 Å². The summed E-state index contributed by atoms with van der Waals surface area (Å²) >= 11 is 0. The van der Waals surface area contributed by atoms with E-state index < -0.39 is 0 Å². The van der Waals surface area contributed by atoms with E-state index in [1.165, 1.54) is 25.7 Å². The Morgan fingerprint density at radius 3 is 2.06 bits per heavy atom. The molecule has 0 aromatic carbocycles. The van der Waals surface area contributed by atoms with Gasteiger partial charge in [-0.1, -0.05) is 47.5 Å². The van der Waals surface area contributed by atoms with Crippen molar-refractivity contribution in [2.45, 2.75) is 60.3 Å². The van der Waals surface area contributed by atoms with E-state index in [4.69, 9.17) is 0 Å². The van der Waals surface area contributed by atoms with E-state index in [0.29, 0.717) is 0 Å². The molecule has 2 aliphatic carbocycles. The molecule has 0 heteroatoms. The maximum Gasteiger partial charge on any atom is -0.0352 e. The molecule has 7 unspecified atom stereocenters. The Labute approximate surface area is 102 Å². The van der Waals surface area contributed by atoms with Crippen LogP contribution in [-0.2, 0) is 0 Å². The minimum absolute atomic E-state index is 0.991. The number of hydrogen-bond donors (Lipinski definition) is 0. The van der Waals surface area contributed by atoms with Gasteiger partial charge < -0.3 is 0 Å². The third-order valence-electron chi connectivity index (χ3n) is 6.00. The van der Waals surface area contributed by atoms with Gasteiger partial charge in [-0.2, -0.15) is 0 Å². The fraction of sp³-hybridized carbons (Fsp3) is 1.00. The van der Waals surface area contributed by atoms with E-state index in [9.17, 15) is 0 Å². The summed E-state index contributed by atoms with van der Waals surface area (Å²) in [5, 5.41) is 0. The third kappa shape index (κ3) is 2.05. The van der Waals surface area contributed by atoms with Crippen LogP contribution in [0.1, 0.15) is 60.3 Å². The highest BCUT2D eigenvalue weighted by Crippen LogP contribution is 2.55. The van der Waals surface area contributed by atoms with E-state index in [1.54, 1.807) is 0 Å². The minimum Gasteiger partial charge on any atom is -0.0651 e. The SMILES string of the molecule is CCC1C(C)CC1C(C)CC1C(C)C1CC. The zero-order chi connectivity index (χ0) is 11.9. The average Bonchev–Trinajstić information content (AvgIpc) is 2.85. The average molecular weight is 222 g/mol. The molecule has 0 heterocycles. The second-order valence-electron chi connectivity index (χ2n) is 6.76. The van der Waals surface area contributed by atoms with Gasteiger partial charge in [0, 0.05) is 0 Å². The molecule has 0 aliphatic heterocycles. The largest absolute Gasteiger partial charge is 0.0651 e. The standard InChI is InChI=1S/C16H30/c1-6-13-10(3)8-15(13)11(4)9-16-12(5)14(16)7-2/h10-16H,6-9H2,1-5H3. The van der Waals surface area contributed by atoms with E-state index in [0.717, 1.165) is 41.4 Å². The van der Waals surface area contributed by atoms with Crippen LogP contribution in [0, 0.1) is 41.4 Å². The molecular weight excluding hydrogens is 192 g/mol. The lowest BCUT2D eigenvalue weighted by atomic mass is 9.59. The van der Waals surface area contributed by atoms with Gasteiger partial charge in [0.15, 0.2) is 0 Å². The zero-order valence-corrected chi connectivity index (χ0v) is 11.9. The topological polar surface area (TPSA) is 0 Å². The molecule has 2 rings (SSSR count). The van der Waals surface area contributed by atoms with Crippen molar-refractivity contribution in [2.24, 2.45) is 41.4 Å². The predicted octanol–water partition coefficient (Wildman–Crippen LogP) is 4.99. The monoisotopic (exact) mass is 222 g/mol. The van der Waals surface area contributed by atoms with Crippen molar-refractivity contribution in [2.75, 3.05) is 0 Å². The van der Waals surface area contributed by atoms with Crippen molar-refractivity contribution in [3.8, 4) is 0 Å². The van der Waals surface area contributed by atoms with Gasteiger partial charge in [-0.05, 0) is 54.3 Å². The Kier molecular flexibility index (Phi) is 3.66. The summed E-state index contributed by atoms with van der Waals surface area (Å²) in [6, 6.07) is 0. The summed E-state index contributed by atoms with van der Waals surface area (Å²) in [7, 11) is 0. The van der Waals surface area contributed by atoms with Crippen LogP contribution in [0.4, 0.5) is 0 Å². The summed E-state index contributed by atoms with van der Waals surface area (Å²) in [4.78, 5) is 0. The van der Waals surface area contributed by atoms with Crippen LogP contribution in [-0.4, -0.2) is 0 Å². The first-order valence-corrected chi connectivity index (χ1v) is 7.60. The minimum atomic E-state index is 0.991. The van der Waals surface area contributed by atoms with Crippen molar-refractivity contribution in [1.29, 1.82) is 0 Å². The first kappa shape index (κ1) is 12.5. The predicted molar refractivity (Wildman–Crippen MR) is 71.3 cm³/mol. The molecule has 0 aromatic heterocycles. The fourth-order valence-electron chi connectivity index (χ4n) is 4.67. The maximum atomic E-state index is 2.52. The molecule has 2 fully saturated rings. The highest BCUT2D eigenvalue weighted by Gasteiger charge is 2.48. The molecule has 16 heavy (non-hydrogen) atoms. The van der Waals surface area contributed by atoms with Gasteiger partial charge in [0.2, 0.25) is 0 Å². The highest BCUT2D eigenvalue weighted by molar-refractivity contribution is 4.96. The lowest BCUT2D eigenvalue weighted by Gasteiger charge is -2.46. The van der Waals surface area contributed by atoms with Crippen molar-refractivity contribution in [3.63, 3.8) is 0 Å². The summed E-state index contributed by atoms with van der Waals surface area (Å²) in [6.07, 6.45) is 5.86. The number of hydrogen-bond acceptors (Lipinski definition) is 0. The van der Waals surface area contributed by atoms with Crippen LogP contribution in [0.25, 0.3) is 0 Å².